The first-order chi connectivity index (χ1) is 16.5. The van der Waals surface area contributed by atoms with E-state index >= 15 is 0 Å². The first-order valence-corrected chi connectivity index (χ1v) is 13.1. The molecule has 1 amide bonds. The van der Waals surface area contributed by atoms with Crippen LogP contribution in [-0.4, -0.2) is 80.9 Å². The second kappa shape index (κ2) is 9.84. The molecule has 7 nitrogen and oxygen atoms in total. The Morgan fingerprint density at radius 2 is 1.47 bits per heavy atom. The van der Waals surface area contributed by atoms with Crippen molar-refractivity contribution in [3.05, 3.63) is 77.9 Å². The van der Waals surface area contributed by atoms with E-state index in [9.17, 15) is 13.2 Å². The van der Waals surface area contributed by atoms with Gasteiger partial charge in [0.25, 0.3) is 5.91 Å². The molecule has 178 valence electrons. The Morgan fingerprint density at radius 1 is 0.794 bits per heavy atom. The molecule has 5 rings (SSSR count). The minimum atomic E-state index is -3.75. The van der Waals surface area contributed by atoms with E-state index in [1.165, 1.54) is 26.7 Å². The van der Waals surface area contributed by atoms with Gasteiger partial charge in [-0.15, -0.1) is 0 Å². The van der Waals surface area contributed by atoms with Crippen LogP contribution in [0, 0.1) is 0 Å². The molecule has 2 fully saturated rings. The Balaban J connectivity index is 1.28. The van der Waals surface area contributed by atoms with Gasteiger partial charge in [-0.2, -0.15) is 4.31 Å². The molecule has 3 aromatic carbocycles. The number of nitrogens with zero attached hydrogens (tertiary/aromatic N) is 3. The highest BCUT2D eigenvalue weighted by atomic mass is 32.2. The quantitative estimate of drug-likeness (QED) is 0.563. The molecule has 2 aliphatic heterocycles. The third-order valence-corrected chi connectivity index (χ3v) is 8.60. The molecule has 2 aliphatic rings. The maximum atomic E-state index is 13.4. The fourth-order valence-corrected chi connectivity index (χ4v) is 6.34. The molecule has 8 heteroatoms. The van der Waals surface area contributed by atoms with Gasteiger partial charge in [-0.25, -0.2) is 8.42 Å². The summed E-state index contributed by atoms with van der Waals surface area (Å²) in [5, 5.41) is 2.48. The van der Waals surface area contributed by atoms with Crippen LogP contribution in [0.3, 0.4) is 0 Å². The third-order valence-electron chi connectivity index (χ3n) is 6.64. The van der Waals surface area contributed by atoms with Gasteiger partial charge in [0.2, 0.25) is 10.0 Å². The van der Waals surface area contributed by atoms with E-state index < -0.39 is 10.0 Å². The van der Waals surface area contributed by atoms with Crippen LogP contribution < -0.4 is 0 Å². The van der Waals surface area contributed by atoms with E-state index in [1.54, 1.807) is 23.1 Å². The van der Waals surface area contributed by atoms with E-state index in [1.807, 2.05) is 6.07 Å². The summed E-state index contributed by atoms with van der Waals surface area (Å²) in [4.78, 5) is 17.6. The van der Waals surface area contributed by atoms with Crippen molar-refractivity contribution in [3.63, 3.8) is 0 Å². The number of sulfonamides is 1. The van der Waals surface area contributed by atoms with Crippen molar-refractivity contribution in [3.8, 4) is 0 Å². The zero-order chi connectivity index (χ0) is 23.5. The smallest absolute Gasteiger partial charge is 0.255 e. The fraction of sp³-hybridized carbons (Fsp3) is 0.346. The summed E-state index contributed by atoms with van der Waals surface area (Å²) in [6.07, 6.45) is 0. The van der Waals surface area contributed by atoms with Gasteiger partial charge >= 0.3 is 0 Å². The molecule has 0 radical (unpaired) electrons. The molecular formula is C26H29N3O4S. The third kappa shape index (κ3) is 4.59. The second-order valence-electron chi connectivity index (χ2n) is 8.72. The van der Waals surface area contributed by atoms with E-state index in [4.69, 9.17) is 4.74 Å². The Hall–Kier alpha value is -2.78. The van der Waals surface area contributed by atoms with Gasteiger partial charge in [0.05, 0.1) is 23.7 Å². The zero-order valence-electron chi connectivity index (χ0n) is 19.1. The molecule has 2 saturated heterocycles. The number of carbonyl (C=O) groups excluding carboxylic acids is 1. The molecule has 0 aliphatic carbocycles. The van der Waals surface area contributed by atoms with Crippen molar-refractivity contribution >= 4 is 26.7 Å². The number of piperazine rings is 1. The van der Waals surface area contributed by atoms with E-state index in [0.717, 1.165) is 19.6 Å². The summed E-state index contributed by atoms with van der Waals surface area (Å²) < 4.78 is 33.2. The number of ether oxygens (including phenoxy) is 1. The summed E-state index contributed by atoms with van der Waals surface area (Å²) in [7, 11) is -3.75. The number of benzene rings is 3. The molecule has 0 N–H and O–H groups in total. The minimum Gasteiger partial charge on any atom is -0.379 e. The van der Waals surface area contributed by atoms with Crippen molar-refractivity contribution in [2.24, 2.45) is 0 Å². The maximum absolute atomic E-state index is 13.4. The fourth-order valence-electron chi connectivity index (χ4n) is 4.74. The number of morpholine rings is 1. The van der Waals surface area contributed by atoms with Crippen LogP contribution in [0.1, 0.15) is 15.9 Å². The highest BCUT2D eigenvalue weighted by Gasteiger charge is 2.32. The lowest BCUT2D eigenvalue weighted by molar-refractivity contribution is 0.0623. The number of carbonyl (C=O) groups is 1. The lowest BCUT2D eigenvalue weighted by Gasteiger charge is -2.35. The molecule has 0 saturated carbocycles. The molecule has 0 spiro atoms. The SMILES string of the molecule is O=C(c1ccccc1S(=O)(=O)N1CCOCC1)N1CCN(Cc2cccc3ccccc23)CC1. The van der Waals surface area contributed by atoms with Crippen molar-refractivity contribution < 1.29 is 17.9 Å². The topological polar surface area (TPSA) is 70.2 Å². The van der Waals surface area contributed by atoms with E-state index in [2.05, 4.69) is 41.3 Å². The summed E-state index contributed by atoms with van der Waals surface area (Å²) >= 11 is 0. The summed E-state index contributed by atoms with van der Waals surface area (Å²) in [6.45, 7) is 4.79. The summed E-state index contributed by atoms with van der Waals surface area (Å²) in [6, 6.07) is 21.3. The van der Waals surface area contributed by atoms with Crippen molar-refractivity contribution in [1.29, 1.82) is 0 Å². The average molecular weight is 480 g/mol. The predicted molar refractivity (Wildman–Crippen MR) is 131 cm³/mol. The van der Waals surface area contributed by atoms with Gasteiger partial charge in [-0.3, -0.25) is 9.69 Å². The Morgan fingerprint density at radius 3 is 2.26 bits per heavy atom. The zero-order valence-corrected chi connectivity index (χ0v) is 19.9. The Kier molecular flexibility index (Phi) is 6.65. The Bertz CT molecular complexity index is 1270. The number of fused-ring (bicyclic) bond motifs is 1. The minimum absolute atomic E-state index is 0.0834. The average Bonchev–Trinajstić information content (AvgIpc) is 2.89. The number of hydrogen-bond acceptors (Lipinski definition) is 5. The van der Waals surface area contributed by atoms with E-state index in [0.29, 0.717) is 39.4 Å². The molecule has 0 bridgehead atoms. The summed E-state index contributed by atoms with van der Waals surface area (Å²) in [5.74, 6) is -0.225. The van der Waals surface area contributed by atoms with Crippen molar-refractivity contribution in [1.82, 2.24) is 14.1 Å². The normalized spacial score (nSPS) is 18.3. The van der Waals surface area contributed by atoms with Gasteiger partial charge in [0, 0.05) is 45.8 Å². The van der Waals surface area contributed by atoms with Crippen molar-refractivity contribution in [2.75, 3.05) is 52.5 Å². The van der Waals surface area contributed by atoms with Gasteiger partial charge in [-0.1, -0.05) is 54.6 Å². The summed E-state index contributed by atoms with van der Waals surface area (Å²) in [5.41, 5.74) is 1.52. The predicted octanol–water partition coefficient (Wildman–Crippen LogP) is 2.82. The number of amides is 1. The first kappa shape index (κ1) is 23.0. The van der Waals surface area contributed by atoms with Crippen LogP contribution in [0.15, 0.2) is 71.6 Å². The molecule has 0 atom stereocenters. The van der Waals surface area contributed by atoms with Gasteiger partial charge in [0.15, 0.2) is 0 Å². The molecule has 0 unspecified atom stereocenters. The monoisotopic (exact) mass is 479 g/mol. The van der Waals surface area contributed by atoms with Gasteiger partial charge in [-0.05, 0) is 28.5 Å². The van der Waals surface area contributed by atoms with Crippen LogP contribution in [0.4, 0.5) is 0 Å². The highest BCUT2D eigenvalue weighted by molar-refractivity contribution is 7.89. The van der Waals surface area contributed by atoms with Crippen LogP contribution in [0.5, 0.6) is 0 Å². The molecule has 34 heavy (non-hydrogen) atoms. The maximum Gasteiger partial charge on any atom is 0.255 e. The van der Waals surface area contributed by atoms with Crippen molar-refractivity contribution in [2.45, 2.75) is 11.4 Å². The van der Waals surface area contributed by atoms with Crippen LogP contribution in [0.25, 0.3) is 10.8 Å². The van der Waals surface area contributed by atoms with Crippen LogP contribution >= 0.6 is 0 Å². The van der Waals surface area contributed by atoms with Gasteiger partial charge in [0.1, 0.15) is 0 Å². The first-order valence-electron chi connectivity index (χ1n) is 11.7. The second-order valence-corrected chi connectivity index (χ2v) is 10.6. The molecular weight excluding hydrogens is 450 g/mol. The molecule has 0 aromatic heterocycles. The lowest BCUT2D eigenvalue weighted by Crippen LogP contribution is -2.48. The largest absolute Gasteiger partial charge is 0.379 e. The molecule has 3 aromatic rings. The van der Waals surface area contributed by atoms with Crippen LogP contribution in [0.2, 0.25) is 0 Å². The number of rotatable bonds is 5. The Labute approximate surface area is 200 Å². The van der Waals surface area contributed by atoms with Gasteiger partial charge < -0.3 is 9.64 Å². The lowest BCUT2D eigenvalue weighted by atomic mass is 10.0. The standard InChI is InChI=1S/C26H29N3O4S/c30-26(24-10-3-4-11-25(24)34(31,32)29-16-18-33-19-17-29)28-14-12-27(13-15-28)20-22-8-5-7-21-6-1-2-9-23(21)22/h1-11H,12-20H2. The van der Waals surface area contributed by atoms with Crippen LogP contribution in [-0.2, 0) is 21.3 Å². The number of hydrogen-bond donors (Lipinski definition) is 0. The van der Waals surface area contributed by atoms with E-state index in [-0.39, 0.29) is 16.4 Å². The highest BCUT2D eigenvalue weighted by Crippen LogP contribution is 2.24. The molecule has 2 heterocycles.